The van der Waals surface area contributed by atoms with Crippen molar-refractivity contribution < 1.29 is 4.42 Å². The van der Waals surface area contributed by atoms with E-state index in [0.29, 0.717) is 5.89 Å². The first-order chi connectivity index (χ1) is 25.3. The predicted molar refractivity (Wildman–Crippen MR) is 215 cm³/mol. The summed E-state index contributed by atoms with van der Waals surface area (Å²) in [6.07, 6.45) is 0. The Morgan fingerprint density at radius 3 is 1.98 bits per heavy atom. The summed E-state index contributed by atoms with van der Waals surface area (Å²) in [5.74, 6) is 0.637. The van der Waals surface area contributed by atoms with Crippen molar-refractivity contribution in [2.75, 3.05) is 4.90 Å². The van der Waals surface area contributed by atoms with Crippen molar-refractivity contribution in [2.24, 2.45) is 0 Å². The van der Waals surface area contributed by atoms with Gasteiger partial charge in [0.15, 0.2) is 5.58 Å². The zero-order valence-corrected chi connectivity index (χ0v) is 28.3. The molecule has 0 aliphatic heterocycles. The zero-order chi connectivity index (χ0) is 33.7. The molecule has 0 fully saturated rings. The maximum absolute atomic E-state index is 6.30. The van der Waals surface area contributed by atoms with Crippen LogP contribution in [0.25, 0.3) is 75.8 Å². The molecule has 0 bridgehead atoms. The van der Waals surface area contributed by atoms with Crippen LogP contribution in [0.1, 0.15) is 0 Å². The van der Waals surface area contributed by atoms with Crippen LogP contribution >= 0.6 is 11.3 Å². The van der Waals surface area contributed by atoms with Crippen molar-refractivity contribution in [3.63, 3.8) is 0 Å². The lowest BCUT2D eigenvalue weighted by Crippen LogP contribution is -2.11. The summed E-state index contributed by atoms with van der Waals surface area (Å²) < 4.78 is 8.68. The van der Waals surface area contributed by atoms with Gasteiger partial charge in [0.05, 0.1) is 11.4 Å². The Labute approximate surface area is 299 Å². The quantitative estimate of drug-likeness (QED) is 0.176. The molecule has 0 saturated carbocycles. The summed E-state index contributed by atoms with van der Waals surface area (Å²) >= 11 is 1.79. The molecule has 0 saturated heterocycles. The van der Waals surface area contributed by atoms with Gasteiger partial charge in [-0.15, -0.1) is 11.3 Å². The second-order valence-corrected chi connectivity index (χ2v) is 13.9. The summed E-state index contributed by atoms with van der Waals surface area (Å²) in [6.45, 7) is 0. The average Bonchev–Trinajstić information content (AvgIpc) is 3.79. The fourth-order valence-corrected chi connectivity index (χ4v) is 8.37. The Morgan fingerprint density at radius 2 is 1.16 bits per heavy atom. The monoisotopic (exact) mass is 670 g/mol. The van der Waals surface area contributed by atoms with Crippen molar-refractivity contribution in [2.45, 2.75) is 0 Å². The number of nitrogens with zero attached hydrogens (tertiary/aromatic N) is 2. The maximum Gasteiger partial charge on any atom is 0.227 e. The third-order valence-corrected chi connectivity index (χ3v) is 10.8. The molecule has 0 radical (unpaired) electrons. The third kappa shape index (κ3) is 5.16. The van der Waals surface area contributed by atoms with Gasteiger partial charge in [-0.25, -0.2) is 4.98 Å². The SMILES string of the molecule is c1ccc(-c2nc3cc4c(cc3o2)sc2cccc(N(c3ccc(-c5ccc6ccccc6c5)cc3)c3ccccc3-c3ccccc3)c24)cc1. The van der Waals surface area contributed by atoms with Gasteiger partial charge >= 0.3 is 0 Å². The van der Waals surface area contributed by atoms with Crippen LogP contribution in [0.3, 0.4) is 0 Å². The molecule has 0 aliphatic rings. The van der Waals surface area contributed by atoms with E-state index in [9.17, 15) is 0 Å². The summed E-state index contributed by atoms with van der Waals surface area (Å²) in [6, 6.07) is 64.7. The average molecular weight is 671 g/mol. The maximum atomic E-state index is 6.30. The Kier molecular flexibility index (Phi) is 7.00. The van der Waals surface area contributed by atoms with E-state index in [1.54, 1.807) is 11.3 Å². The summed E-state index contributed by atoms with van der Waals surface area (Å²) in [4.78, 5) is 7.37. The van der Waals surface area contributed by atoms with Crippen LogP contribution in [0.15, 0.2) is 186 Å². The number of oxazole rings is 1. The molecular formula is C47H30N2OS. The molecule has 4 heteroatoms. The van der Waals surface area contributed by atoms with Crippen LogP contribution in [-0.2, 0) is 0 Å². The van der Waals surface area contributed by atoms with Gasteiger partial charge in [0, 0.05) is 43.1 Å². The largest absolute Gasteiger partial charge is 0.436 e. The lowest BCUT2D eigenvalue weighted by Gasteiger charge is -2.29. The minimum absolute atomic E-state index is 0.637. The van der Waals surface area contributed by atoms with E-state index in [4.69, 9.17) is 9.40 Å². The van der Waals surface area contributed by atoms with Crippen LogP contribution in [0.5, 0.6) is 0 Å². The smallest absolute Gasteiger partial charge is 0.227 e. The highest BCUT2D eigenvalue weighted by Crippen LogP contribution is 2.48. The second-order valence-electron chi connectivity index (χ2n) is 12.8. The topological polar surface area (TPSA) is 29.3 Å². The predicted octanol–water partition coefficient (Wildman–Crippen LogP) is 13.8. The Balaban J connectivity index is 1.17. The number of benzene rings is 8. The summed E-state index contributed by atoms with van der Waals surface area (Å²) in [5.41, 5.74) is 10.7. The number of hydrogen-bond acceptors (Lipinski definition) is 4. The normalized spacial score (nSPS) is 11.5. The summed E-state index contributed by atoms with van der Waals surface area (Å²) in [7, 11) is 0. The molecule has 10 aromatic rings. The van der Waals surface area contributed by atoms with E-state index in [-0.39, 0.29) is 0 Å². The lowest BCUT2D eigenvalue weighted by molar-refractivity contribution is 0.620. The van der Waals surface area contributed by atoms with Crippen molar-refractivity contribution in [3.05, 3.63) is 182 Å². The second kappa shape index (κ2) is 12.1. The standard InChI is InChI=1S/C47H30N2OS/c1-3-13-33(14-4-1)38-18-9-10-19-41(38)49(37-26-24-32(25-27-37)36-23-22-31-12-7-8-17-35(31)28-36)42-20-11-21-44-46(42)39-29-40-43(30-45(39)51-44)50-47(48-40)34-15-5-2-6-16-34/h1-30H. The molecule has 0 aliphatic carbocycles. The van der Waals surface area contributed by atoms with Gasteiger partial charge in [0.2, 0.25) is 5.89 Å². The molecule has 0 spiro atoms. The Morgan fingerprint density at radius 1 is 0.471 bits per heavy atom. The van der Waals surface area contributed by atoms with E-state index >= 15 is 0 Å². The number of fused-ring (bicyclic) bond motifs is 5. The van der Waals surface area contributed by atoms with Crippen LogP contribution in [0, 0.1) is 0 Å². The molecule has 0 amide bonds. The molecule has 0 unspecified atom stereocenters. The minimum Gasteiger partial charge on any atom is -0.436 e. The van der Waals surface area contributed by atoms with Gasteiger partial charge in [-0.3, -0.25) is 0 Å². The minimum atomic E-state index is 0.637. The van der Waals surface area contributed by atoms with E-state index in [1.165, 1.54) is 53.2 Å². The number of thiophene rings is 1. The number of para-hydroxylation sites is 1. The van der Waals surface area contributed by atoms with Crippen LogP contribution in [0.2, 0.25) is 0 Å². The van der Waals surface area contributed by atoms with Crippen molar-refractivity contribution >= 4 is 70.4 Å². The molecule has 0 N–H and O–H groups in total. The van der Waals surface area contributed by atoms with E-state index in [0.717, 1.165) is 33.7 Å². The van der Waals surface area contributed by atoms with Gasteiger partial charge in [0.1, 0.15) is 5.52 Å². The Hall–Kier alpha value is -6.49. The van der Waals surface area contributed by atoms with Crippen molar-refractivity contribution in [3.8, 4) is 33.7 Å². The highest BCUT2D eigenvalue weighted by atomic mass is 32.1. The van der Waals surface area contributed by atoms with Crippen molar-refractivity contribution in [1.29, 1.82) is 0 Å². The first kappa shape index (κ1) is 29.4. The van der Waals surface area contributed by atoms with Gasteiger partial charge in [-0.05, 0) is 82.1 Å². The van der Waals surface area contributed by atoms with E-state index < -0.39 is 0 Å². The number of rotatable bonds is 6. The number of hydrogen-bond donors (Lipinski definition) is 0. The molecule has 240 valence electrons. The highest BCUT2D eigenvalue weighted by Gasteiger charge is 2.22. The van der Waals surface area contributed by atoms with Crippen LogP contribution in [-0.4, -0.2) is 4.98 Å². The first-order valence-electron chi connectivity index (χ1n) is 17.1. The summed E-state index contributed by atoms with van der Waals surface area (Å²) in [5, 5.41) is 4.86. The lowest BCUT2D eigenvalue weighted by atomic mass is 9.99. The zero-order valence-electron chi connectivity index (χ0n) is 27.5. The fraction of sp³-hybridized carbons (Fsp3) is 0. The van der Waals surface area contributed by atoms with Crippen LogP contribution in [0.4, 0.5) is 17.1 Å². The van der Waals surface area contributed by atoms with E-state index in [1.807, 2.05) is 30.3 Å². The van der Waals surface area contributed by atoms with Crippen molar-refractivity contribution in [1.82, 2.24) is 4.98 Å². The Bertz CT molecular complexity index is 2850. The molecule has 51 heavy (non-hydrogen) atoms. The number of anilines is 3. The molecule has 10 rings (SSSR count). The molecular weight excluding hydrogens is 641 g/mol. The molecule has 2 aromatic heterocycles. The highest BCUT2D eigenvalue weighted by molar-refractivity contribution is 7.26. The number of aromatic nitrogens is 1. The van der Waals surface area contributed by atoms with Gasteiger partial charge in [-0.2, -0.15) is 0 Å². The van der Waals surface area contributed by atoms with Gasteiger partial charge < -0.3 is 9.32 Å². The van der Waals surface area contributed by atoms with Gasteiger partial charge in [-0.1, -0.05) is 121 Å². The fourth-order valence-electron chi connectivity index (χ4n) is 7.23. The van der Waals surface area contributed by atoms with E-state index in [2.05, 4.69) is 157 Å². The molecule has 8 aromatic carbocycles. The van der Waals surface area contributed by atoms with Gasteiger partial charge in [0.25, 0.3) is 0 Å². The third-order valence-electron chi connectivity index (χ3n) is 9.68. The molecule has 3 nitrogen and oxygen atoms in total. The van der Waals surface area contributed by atoms with Crippen LogP contribution < -0.4 is 4.90 Å². The first-order valence-corrected chi connectivity index (χ1v) is 17.9. The molecule has 0 atom stereocenters. The molecule has 2 heterocycles.